The lowest BCUT2D eigenvalue weighted by molar-refractivity contribution is -0.0589. The molecule has 25 heavy (non-hydrogen) atoms. The summed E-state index contributed by atoms with van der Waals surface area (Å²) in [6, 6.07) is 10.6. The first-order valence-electron chi connectivity index (χ1n) is 7.49. The van der Waals surface area contributed by atoms with Gasteiger partial charge in [0.2, 0.25) is 0 Å². The summed E-state index contributed by atoms with van der Waals surface area (Å²) in [6.45, 7) is -0.371. The van der Waals surface area contributed by atoms with Gasteiger partial charge in [-0.1, -0.05) is 24.3 Å². The fourth-order valence-electron chi connectivity index (χ4n) is 2.62. The van der Waals surface area contributed by atoms with Gasteiger partial charge in [0.25, 0.3) is 0 Å². The van der Waals surface area contributed by atoms with Crippen molar-refractivity contribution in [1.82, 2.24) is 0 Å². The Hall–Kier alpha value is -2.74. The van der Waals surface area contributed by atoms with Crippen LogP contribution in [0.3, 0.4) is 0 Å². The van der Waals surface area contributed by atoms with Crippen LogP contribution in [-0.4, -0.2) is 50.2 Å². The molecule has 0 bridgehead atoms. The molecule has 2 aromatic carbocycles. The van der Waals surface area contributed by atoms with Crippen LogP contribution < -0.4 is 0 Å². The van der Waals surface area contributed by atoms with E-state index in [4.69, 9.17) is 15.3 Å². The third kappa shape index (κ3) is 3.69. The topological polar surface area (TPSA) is 135 Å². The van der Waals surface area contributed by atoms with Crippen LogP contribution >= 0.6 is 0 Å². The Balaban J connectivity index is 2.53. The predicted molar refractivity (Wildman–Crippen MR) is 87.5 cm³/mol. The first-order valence-corrected chi connectivity index (χ1v) is 7.49. The molecule has 0 aliphatic heterocycles. The molecule has 0 spiro atoms. The van der Waals surface area contributed by atoms with Crippen LogP contribution in [-0.2, 0) is 5.60 Å². The van der Waals surface area contributed by atoms with Crippen LogP contribution in [0.15, 0.2) is 48.5 Å². The van der Waals surface area contributed by atoms with Crippen LogP contribution in [0.4, 0.5) is 0 Å². The molecule has 5 N–H and O–H groups in total. The largest absolute Gasteiger partial charge is 0.478 e. The summed E-state index contributed by atoms with van der Waals surface area (Å²) >= 11 is 0. The van der Waals surface area contributed by atoms with Crippen LogP contribution in [0.5, 0.6) is 0 Å². The van der Waals surface area contributed by atoms with Gasteiger partial charge in [-0.05, 0) is 41.8 Å². The average Bonchev–Trinajstić information content (AvgIpc) is 2.61. The highest BCUT2D eigenvalue weighted by atomic mass is 16.4. The number of carboxylic acids is 2. The number of rotatable bonds is 7. The van der Waals surface area contributed by atoms with Crippen molar-refractivity contribution >= 4 is 11.9 Å². The molecular weight excluding hydrogens is 328 g/mol. The van der Waals surface area contributed by atoms with Gasteiger partial charge in [0.05, 0.1) is 17.2 Å². The molecule has 1 atom stereocenters. The van der Waals surface area contributed by atoms with Crippen LogP contribution in [0.25, 0.3) is 0 Å². The maximum atomic E-state index is 11.2. The van der Waals surface area contributed by atoms with Gasteiger partial charge in [-0.3, -0.25) is 0 Å². The molecule has 0 amide bonds. The van der Waals surface area contributed by atoms with E-state index in [1.165, 1.54) is 48.5 Å². The molecule has 0 aromatic heterocycles. The number of carboxylic acid groups (broad SMARTS) is 2. The van der Waals surface area contributed by atoms with Crippen molar-refractivity contribution in [2.24, 2.45) is 0 Å². The van der Waals surface area contributed by atoms with E-state index < -0.39 is 23.6 Å². The lowest BCUT2D eigenvalue weighted by Crippen LogP contribution is -2.41. The Labute approximate surface area is 143 Å². The highest BCUT2D eigenvalue weighted by Crippen LogP contribution is 2.35. The maximum absolute atomic E-state index is 11.2. The zero-order valence-electron chi connectivity index (χ0n) is 13.2. The fourth-order valence-corrected chi connectivity index (χ4v) is 2.62. The molecule has 0 aliphatic rings. The van der Waals surface area contributed by atoms with Crippen molar-refractivity contribution in [3.05, 3.63) is 70.8 Å². The van der Waals surface area contributed by atoms with Gasteiger partial charge in [-0.15, -0.1) is 0 Å². The second kappa shape index (κ2) is 7.43. The lowest BCUT2D eigenvalue weighted by atomic mass is 9.80. The van der Waals surface area contributed by atoms with E-state index in [2.05, 4.69) is 0 Å². The van der Waals surface area contributed by atoms with E-state index in [-0.39, 0.29) is 35.3 Å². The predicted octanol–water partition coefficient (Wildman–Crippen LogP) is 1.06. The van der Waals surface area contributed by atoms with Crippen LogP contribution in [0, 0.1) is 0 Å². The number of hydrogen-bond acceptors (Lipinski definition) is 5. The van der Waals surface area contributed by atoms with Crippen molar-refractivity contribution < 1.29 is 35.1 Å². The number of benzene rings is 2. The number of aliphatic hydroxyl groups excluding tert-OH is 2. The molecular formula is C18H18O7. The van der Waals surface area contributed by atoms with Gasteiger partial charge >= 0.3 is 11.9 Å². The number of aromatic carboxylic acids is 2. The molecule has 0 saturated heterocycles. The second-order valence-electron chi connectivity index (χ2n) is 5.56. The zero-order chi connectivity index (χ0) is 18.6. The molecule has 0 saturated carbocycles. The van der Waals surface area contributed by atoms with Gasteiger partial charge in [-0.25, -0.2) is 9.59 Å². The first kappa shape index (κ1) is 18.6. The molecule has 0 aliphatic carbocycles. The van der Waals surface area contributed by atoms with Gasteiger partial charge in [-0.2, -0.15) is 0 Å². The minimum Gasteiger partial charge on any atom is -0.478 e. The Morgan fingerprint density at radius 2 is 1.20 bits per heavy atom. The Morgan fingerprint density at radius 3 is 1.48 bits per heavy atom. The third-order valence-electron chi connectivity index (χ3n) is 4.03. The van der Waals surface area contributed by atoms with E-state index in [1.807, 2.05) is 0 Å². The van der Waals surface area contributed by atoms with E-state index in [0.717, 1.165) is 0 Å². The normalized spacial score (nSPS) is 12.6. The van der Waals surface area contributed by atoms with E-state index in [9.17, 15) is 19.8 Å². The number of carbonyl (C=O) groups is 2. The van der Waals surface area contributed by atoms with Gasteiger partial charge in [0.1, 0.15) is 5.60 Å². The first-order chi connectivity index (χ1) is 11.8. The molecule has 132 valence electrons. The summed E-state index contributed by atoms with van der Waals surface area (Å²) in [4.78, 5) is 21.9. The smallest absolute Gasteiger partial charge is 0.335 e. The molecule has 2 aromatic rings. The maximum Gasteiger partial charge on any atom is 0.335 e. The zero-order valence-corrected chi connectivity index (χ0v) is 13.2. The standard InChI is InChI=1S/C18H18O7/c19-10-9-15(20)18(25,13-5-1-11(2-6-13)16(21)22)14-7-3-12(4-8-14)17(23)24/h1-8,15,19-20,25H,9-10H2,(H,21,22)(H,23,24)/t15-/m0/s1. The van der Waals surface area contributed by atoms with Crippen molar-refractivity contribution in [2.75, 3.05) is 6.61 Å². The number of aliphatic hydroxyl groups is 3. The average molecular weight is 346 g/mol. The van der Waals surface area contributed by atoms with Crippen LogP contribution in [0.2, 0.25) is 0 Å². The van der Waals surface area contributed by atoms with Gasteiger partial charge in [0, 0.05) is 6.61 Å². The summed E-state index contributed by atoms with van der Waals surface area (Å²) in [6.07, 6.45) is -1.51. The highest BCUT2D eigenvalue weighted by Gasteiger charge is 2.39. The highest BCUT2D eigenvalue weighted by molar-refractivity contribution is 5.88. The van der Waals surface area contributed by atoms with Crippen LogP contribution in [0.1, 0.15) is 38.3 Å². The summed E-state index contributed by atoms with van der Waals surface area (Å²) < 4.78 is 0. The fraction of sp³-hybridized carbons (Fsp3) is 0.222. The molecule has 0 unspecified atom stereocenters. The van der Waals surface area contributed by atoms with Gasteiger partial charge < -0.3 is 25.5 Å². The van der Waals surface area contributed by atoms with E-state index >= 15 is 0 Å². The molecule has 0 fully saturated rings. The minimum absolute atomic E-state index is 0.0176. The monoisotopic (exact) mass is 346 g/mol. The summed E-state index contributed by atoms with van der Waals surface area (Å²) in [5.74, 6) is -2.26. The molecule has 0 heterocycles. The third-order valence-corrected chi connectivity index (χ3v) is 4.03. The van der Waals surface area contributed by atoms with E-state index in [0.29, 0.717) is 0 Å². The SMILES string of the molecule is O=C(O)c1ccc(C(O)(c2ccc(C(=O)O)cc2)[C@@H](O)CCO)cc1. The summed E-state index contributed by atoms with van der Waals surface area (Å²) in [5.41, 5.74) is -1.45. The Bertz CT molecular complexity index is 692. The summed E-state index contributed by atoms with van der Waals surface area (Å²) in [7, 11) is 0. The minimum atomic E-state index is -1.93. The van der Waals surface area contributed by atoms with Crippen molar-refractivity contribution in [1.29, 1.82) is 0 Å². The molecule has 2 rings (SSSR count). The molecule has 0 radical (unpaired) electrons. The van der Waals surface area contributed by atoms with Gasteiger partial charge in [0.15, 0.2) is 0 Å². The Morgan fingerprint density at radius 1 is 0.840 bits per heavy atom. The van der Waals surface area contributed by atoms with E-state index in [1.54, 1.807) is 0 Å². The number of hydrogen-bond donors (Lipinski definition) is 5. The molecule has 7 heteroatoms. The summed E-state index contributed by atoms with van der Waals surface area (Å²) in [5, 5.41) is 48.6. The quantitative estimate of drug-likeness (QED) is 0.506. The second-order valence-corrected chi connectivity index (χ2v) is 5.56. The van der Waals surface area contributed by atoms with Crippen molar-refractivity contribution in [2.45, 2.75) is 18.1 Å². The molecule has 7 nitrogen and oxygen atoms in total. The Kier molecular flexibility index (Phi) is 5.53. The van der Waals surface area contributed by atoms with Crippen molar-refractivity contribution in [3.63, 3.8) is 0 Å². The van der Waals surface area contributed by atoms with Crippen molar-refractivity contribution in [3.8, 4) is 0 Å². The lowest BCUT2D eigenvalue weighted by Gasteiger charge is -2.34.